The third-order valence-corrected chi connectivity index (χ3v) is 27.6. The molecule has 20 amide bonds. The van der Waals surface area contributed by atoms with Crippen molar-refractivity contribution in [1.29, 1.82) is 0 Å². The van der Waals surface area contributed by atoms with Crippen LogP contribution >= 0.6 is 12.6 Å². The number of likely N-dealkylation sites (tertiary alicyclic amines) is 12. The fraction of sp³-hybridized carbons (Fsp3) is 0.744. The summed E-state index contributed by atoms with van der Waals surface area (Å²) < 4.78 is 0. The van der Waals surface area contributed by atoms with Gasteiger partial charge in [0, 0.05) is 84.3 Å². The Labute approximate surface area is 734 Å². The molecule has 13 aliphatic heterocycles. The van der Waals surface area contributed by atoms with Crippen LogP contribution in [0.25, 0.3) is 0 Å². The highest BCUT2D eigenvalue weighted by Gasteiger charge is 2.51. The number of carboxylic acids is 1. The minimum atomic E-state index is -1.23. The summed E-state index contributed by atoms with van der Waals surface area (Å²) in [5, 5.41) is 33.0. The zero-order valence-electron chi connectivity index (χ0n) is 71.2. The van der Waals surface area contributed by atoms with Crippen LogP contribution in [0, 0.1) is 0 Å². The zero-order chi connectivity index (χ0) is 89.7. The molecular weight excluding hydrogens is 1660 g/mol. The Morgan fingerprint density at radius 3 is 0.690 bits per heavy atom. The van der Waals surface area contributed by atoms with E-state index >= 15 is 0 Å². The molecule has 10 N–H and O–H groups in total. The van der Waals surface area contributed by atoms with Crippen molar-refractivity contribution in [3.63, 3.8) is 0 Å². The van der Waals surface area contributed by atoms with E-state index in [0.29, 0.717) is 109 Å². The molecule has 0 aromatic rings. The fourth-order valence-electron chi connectivity index (χ4n) is 20.9. The van der Waals surface area contributed by atoms with E-state index in [1.165, 1.54) is 53.9 Å². The second kappa shape index (κ2) is 42.2. The van der Waals surface area contributed by atoms with Crippen LogP contribution in [-0.2, 0) is 101 Å². The van der Waals surface area contributed by atoms with E-state index in [4.69, 9.17) is 5.11 Å². The molecule has 126 heavy (non-hydrogen) atoms. The van der Waals surface area contributed by atoms with Gasteiger partial charge in [-0.25, -0.2) is 0 Å². The van der Waals surface area contributed by atoms with Gasteiger partial charge in [0.15, 0.2) is 0 Å². The number of rotatable bonds is 30. The molecule has 13 fully saturated rings. The first-order valence-corrected chi connectivity index (χ1v) is 45.7. The normalized spacial score (nSPS) is 27.3. The molecule has 0 unspecified atom stereocenters. The molecule has 0 aromatic heterocycles. The van der Waals surface area contributed by atoms with E-state index in [-0.39, 0.29) is 147 Å². The highest BCUT2D eigenvalue weighted by atomic mass is 32.1. The second-order valence-corrected chi connectivity index (χ2v) is 35.3. The first-order chi connectivity index (χ1) is 60.6. The van der Waals surface area contributed by atoms with Crippen LogP contribution in [0.4, 0.5) is 0 Å². The molecule has 14 atom stereocenters. The van der Waals surface area contributed by atoms with Crippen molar-refractivity contribution in [2.45, 2.75) is 252 Å². The lowest BCUT2D eigenvalue weighted by atomic mass is 10.1. The van der Waals surface area contributed by atoms with Crippen LogP contribution in [0.1, 0.15) is 167 Å². The summed E-state index contributed by atoms with van der Waals surface area (Å²) in [6.45, 7) is -0.200. The number of thiol groups is 1. The van der Waals surface area contributed by atoms with Crippen LogP contribution in [0.15, 0.2) is 0 Å². The van der Waals surface area contributed by atoms with E-state index < -0.39 is 243 Å². The van der Waals surface area contributed by atoms with E-state index in [2.05, 4.69) is 60.5 Å². The Morgan fingerprint density at radius 2 is 0.460 bits per heavy atom. The summed E-state index contributed by atoms with van der Waals surface area (Å²) in [4.78, 5) is 304. The van der Waals surface area contributed by atoms with Gasteiger partial charge >= 0.3 is 5.97 Å². The summed E-state index contributed by atoms with van der Waals surface area (Å²) >= 11 is 4.29. The molecule has 13 aliphatic rings. The van der Waals surface area contributed by atoms with Gasteiger partial charge in [-0.3, -0.25) is 101 Å². The van der Waals surface area contributed by atoms with Crippen molar-refractivity contribution in [3.8, 4) is 0 Å². The SMILES string of the molecule is O=C(O)CNC(=O)[C@@H]1CCCN1C(=O)[C@@H]1CCCN1C(=O)CNC(=O)[C@@H]1CCCN1C(=O)[C@@H]1CCCN1C(=O)CNC(=O)[C@@H]1CCCN1C(=O)[C@@H]1CCCN1C(=O)CNC(=O)[C@@H]1CCCN1C(=O)[C@@H]1CCCN1C(=O)CNC(=O)[C@@H]1CCCN1C(=O)[C@@H]1CCCN1C(=O)CNC(=O)[C@H](CS)NC(=O)[C@@H]1CCCN1C(=O)CNC(=O)[C@@H]1CCCN1C(=O)[C@@H]1CCCN1. The largest absolute Gasteiger partial charge is 0.480 e. The average Bonchev–Trinajstić information content (AvgIpc) is 1.66. The van der Waals surface area contributed by atoms with Gasteiger partial charge in [0.2, 0.25) is 118 Å². The minimum Gasteiger partial charge on any atom is -0.480 e. The summed E-state index contributed by atoms with van der Waals surface area (Å²) in [5.74, 6) is -12.1. The van der Waals surface area contributed by atoms with Crippen LogP contribution in [0.3, 0.4) is 0 Å². The van der Waals surface area contributed by atoms with Crippen molar-refractivity contribution in [2.24, 2.45) is 0 Å². The predicted octanol–water partition coefficient (Wildman–Crippen LogP) is -7.06. The summed E-state index contributed by atoms with van der Waals surface area (Å²) in [6, 6.07) is -12.8. The maximum absolute atomic E-state index is 14.4. The molecule has 13 saturated heterocycles. The topological polar surface area (TPSA) is 526 Å². The number of carbonyl (C=O) groups excluding carboxylic acids is 20. The molecule has 0 saturated carbocycles. The third-order valence-electron chi connectivity index (χ3n) is 27.3. The Hall–Kier alpha value is -10.8. The van der Waals surface area contributed by atoms with Crippen LogP contribution in [-0.4, -0.2) is 409 Å². The number of aliphatic carboxylic acids is 1. The van der Waals surface area contributed by atoms with Gasteiger partial charge in [-0.1, -0.05) is 0 Å². The predicted molar refractivity (Wildman–Crippen MR) is 442 cm³/mol. The number of hydrogen-bond donors (Lipinski definition) is 11. The van der Waals surface area contributed by atoms with Crippen molar-refractivity contribution < 1.29 is 106 Å². The van der Waals surface area contributed by atoms with Crippen molar-refractivity contribution in [1.82, 2.24) is 107 Å². The zero-order valence-corrected chi connectivity index (χ0v) is 72.0. The average molecular weight is 1780 g/mol. The summed E-state index contributed by atoms with van der Waals surface area (Å²) in [7, 11) is 0. The Balaban J connectivity index is 0.515. The molecule has 13 rings (SSSR count). The molecule has 0 spiro atoms. The standard InChI is InChI=1S/C82H119N21O22S/c104-62(41-85-70(113)50-15-3-34-98(50)77(120)48-14-1-27-83-48)92-28-2-21-56(92)76(119)91-49(47-126)69(112)84-40-63(105)93-29-9-22-57(93)78(121)99-35-4-16-51(99)71(114)86-42-64(106)94-30-10-23-58(94)79(122)100-36-5-17-52(100)72(115)87-43-65(107)95-31-11-24-59(95)80(123)101-37-6-18-53(101)73(116)88-44-66(108)96-32-12-25-60(96)81(124)102-38-7-19-54(102)74(117)89-45-67(109)97-33-13-26-61(97)82(125)103-39-8-20-55(103)75(118)90-46-68(110)111/h48-61,83,126H,1-47H2,(H,84,112)(H,85,113)(H,86,114)(H,87,115)(H,88,116)(H,89,117)(H,90,118)(H,91,119)(H,110,111)/t48-,49-,50-,51-,52-,53-,54-,55-,56-,57-,58-,59-,60-,61-/m0/s1. The van der Waals surface area contributed by atoms with E-state index in [0.717, 1.165) is 13.0 Å². The number of nitrogens with one attached hydrogen (secondary N) is 9. The summed E-state index contributed by atoms with van der Waals surface area (Å²) in [5.41, 5.74) is 0. The lowest BCUT2D eigenvalue weighted by Gasteiger charge is -2.32. The molecule has 0 aliphatic carbocycles. The van der Waals surface area contributed by atoms with Gasteiger partial charge in [0.1, 0.15) is 85.1 Å². The molecule has 690 valence electrons. The smallest absolute Gasteiger partial charge is 0.322 e. The lowest BCUT2D eigenvalue weighted by Crippen LogP contribution is -2.57. The van der Waals surface area contributed by atoms with Gasteiger partial charge in [0.05, 0.1) is 45.3 Å². The third kappa shape index (κ3) is 20.9. The van der Waals surface area contributed by atoms with Gasteiger partial charge in [-0.2, -0.15) is 12.6 Å². The number of hydrogen-bond acceptors (Lipinski definition) is 23. The van der Waals surface area contributed by atoms with Crippen molar-refractivity contribution in [3.05, 3.63) is 0 Å². The maximum Gasteiger partial charge on any atom is 0.322 e. The minimum absolute atomic E-state index is 0.136. The molecule has 0 bridgehead atoms. The van der Waals surface area contributed by atoms with Gasteiger partial charge in [0.25, 0.3) is 0 Å². The quantitative estimate of drug-likeness (QED) is 0.0298. The number of carboxylic acid groups (broad SMARTS) is 1. The Morgan fingerprint density at radius 1 is 0.254 bits per heavy atom. The van der Waals surface area contributed by atoms with Crippen molar-refractivity contribution in [2.75, 3.05) is 137 Å². The number of amides is 20. The first-order valence-electron chi connectivity index (χ1n) is 45.0. The Kier molecular flexibility index (Phi) is 31.1. The Bertz CT molecular complexity index is 4250. The number of carbonyl (C=O) groups is 21. The molecule has 0 radical (unpaired) electrons. The number of nitrogens with zero attached hydrogens (tertiary/aromatic N) is 12. The highest BCUT2D eigenvalue weighted by molar-refractivity contribution is 7.80. The molecule has 43 nitrogen and oxygen atoms in total. The van der Waals surface area contributed by atoms with Gasteiger partial charge < -0.3 is 112 Å². The van der Waals surface area contributed by atoms with Crippen LogP contribution in [0.2, 0.25) is 0 Å². The lowest BCUT2D eigenvalue weighted by molar-refractivity contribution is -0.148. The molecule has 44 heteroatoms. The fourth-order valence-corrected chi connectivity index (χ4v) is 21.1. The maximum atomic E-state index is 14.4. The van der Waals surface area contributed by atoms with E-state index in [1.807, 2.05) is 0 Å². The van der Waals surface area contributed by atoms with Crippen LogP contribution < -0.4 is 47.9 Å². The second-order valence-electron chi connectivity index (χ2n) is 34.9. The molecular formula is C82H119N21O22S. The van der Waals surface area contributed by atoms with Crippen LogP contribution in [0.5, 0.6) is 0 Å². The highest BCUT2D eigenvalue weighted by Crippen LogP contribution is 2.33. The van der Waals surface area contributed by atoms with E-state index in [9.17, 15) is 101 Å². The van der Waals surface area contributed by atoms with Gasteiger partial charge in [-0.05, 0) is 173 Å². The first kappa shape index (κ1) is 92.8. The molecule has 0 aromatic carbocycles. The van der Waals surface area contributed by atoms with Crippen molar-refractivity contribution >= 4 is 137 Å². The molecule has 13 heterocycles. The monoisotopic (exact) mass is 1780 g/mol. The summed E-state index contributed by atoms with van der Waals surface area (Å²) in [6.07, 6.45) is 10.8. The van der Waals surface area contributed by atoms with E-state index in [1.54, 1.807) is 4.90 Å². The van der Waals surface area contributed by atoms with Gasteiger partial charge in [-0.15, -0.1) is 0 Å².